The Bertz CT molecular complexity index is 549. The van der Waals surface area contributed by atoms with Gasteiger partial charge in [0.1, 0.15) is 11.3 Å². The standard InChI is InChI=1S/C14H16N2O3/c1-3-18-13-11(14(17)19-4-2)12(15-16-13)10-8-6-5-7-9-10/h5-9H,3-4H2,1-2H3,(H,15,16). The van der Waals surface area contributed by atoms with Gasteiger partial charge in [0.15, 0.2) is 0 Å². The first-order valence-electron chi connectivity index (χ1n) is 6.21. The third-order valence-electron chi connectivity index (χ3n) is 2.55. The van der Waals surface area contributed by atoms with E-state index in [-0.39, 0.29) is 0 Å². The predicted molar refractivity (Wildman–Crippen MR) is 71.1 cm³/mol. The summed E-state index contributed by atoms with van der Waals surface area (Å²) < 4.78 is 10.4. The maximum Gasteiger partial charge on any atom is 0.345 e. The van der Waals surface area contributed by atoms with Crippen molar-refractivity contribution in [2.24, 2.45) is 0 Å². The number of ether oxygens (including phenoxy) is 2. The number of hydrogen-bond donors (Lipinski definition) is 1. The molecular weight excluding hydrogens is 244 g/mol. The van der Waals surface area contributed by atoms with Gasteiger partial charge < -0.3 is 9.47 Å². The van der Waals surface area contributed by atoms with Crippen LogP contribution < -0.4 is 4.74 Å². The summed E-state index contributed by atoms with van der Waals surface area (Å²) in [5, 5.41) is 6.90. The lowest BCUT2D eigenvalue weighted by Gasteiger charge is -2.05. The van der Waals surface area contributed by atoms with Crippen molar-refractivity contribution in [2.75, 3.05) is 13.2 Å². The minimum atomic E-state index is -0.432. The van der Waals surface area contributed by atoms with Gasteiger partial charge in [0.2, 0.25) is 5.88 Å². The second-order valence-corrected chi connectivity index (χ2v) is 3.80. The monoisotopic (exact) mass is 260 g/mol. The van der Waals surface area contributed by atoms with Crippen LogP contribution in [0, 0.1) is 0 Å². The maximum atomic E-state index is 12.0. The topological polar surface area (TPSA) is 64.2 Å². The number of aromatic amines is 1. The summed E-state index contributed by atoms with van der Waals surface area (Å²) in [5.41, 5.74) is 1.73. The van der Waals surface area contributed by atoms with Crippen LogP contribution >= 0.6 is 0 Å². The number of carbonyl (C=O) groups excluding carboxylic acids is 1. The van der Waals surface area contributed by atoms with E-state index < -0.39 is 5.97 Å². The minimum absolute atomic E-state index is 0.309. The van der Waals surface area contributed by atoms with Gasteiger partial charge in [0.25, 0.3) is 0 Å². The Kier molecular flexibility index (Phi) is 4.18. The lowest BCUT2D eigenvalue weighted by molar-refractivity contribution is 0.0523. The molecule has 0 aliphatic carbocycles. The van der Waals surface area contributed by atoms with Crippen molar-refractivity contribution in [3.63, 3.8) is 0 Å². The number of nitrogens with one attached hydrogen (secondary N) is 1. The second kappa shape index (κ2) is 6.04. The van der Waals surface area contributed by atoms with Crippen LogP contribution in [0.15, 0.2) is 30.3 Å². The molecule has 0 amide bonds. The van der Waals surface area contributed by atoms with Crippen molar-refractivity contribution in [1.29, 1.82) is 0 Å². The van der Waals surface area contributed by atoms with E-state index >= 15 is 0 Å². The highest BCUT2D eigenvalue weighted by Crippen LogP contribution is 2.28. The summed E-state index contributed by atoms with van der Waals surface area (Å²) in [6, 6.07) is 9.45. The van der Waals surface area contributed by atoms with E-state index in [0.717, 1.165) is 5.56 Å². The molecule has 0 fully saturated rings. The summed E-state index contributed by atoms with van der Waals surface area (Å²) in [5.74, 6) is -0.0849. The number of aromatic nitrogens is 2. The molecule has 1 heterocycles. The van der Waals surface area contributed by atoms with Crippen LogP contribution in [0.3, 0.4) is 0 Å². The van der Waals surface area contributed by atoms with Gasteiger partial charge in [0, 0.05) is 5.56 Å². The van der Waals surface area contributed by atoms with Crippen LogP contribution in [-0.4, -0.2) is 29.4 Å². The van der Waals surface area contributed by atoms with E-state index in [1.165, 1.54) is 0 Å². The Labute approximate surface area is 111 Å². The highest BCUT2D eigenvalue weighted by atomic mass is 16.5. The van der Waals surface area contributed by atoms with Crippen molar-refractivity contribution in [1.82, 2.24) is 10.2 Å². The third kappa shape index (κ3) is 2.76. The van der Waals surface area contributed by atoms with Gasteiger partial charge in [-0.15, -0.1) is 0 Å². The average Bonchev–Trinajstić information content (AvgIpc) is 2.84. The number of H-pyrrole nitrogens is 1. The SMILES string of the molecule is CCOC(=O)c1c(-c2ccccc2)n[nH]c1OCC. The van der Waals surface area contributed by atoms with Gasteiger partial charge in [-0.05, 0) is 13.8 Å². The number of nitrogens with zero attached hydrogens (tertiary/aromatic N) is 1. The zero-order valence-electron chi connectivity index (χ0n) is 11.0. The van der Waals surface area contributed by atoms with Gasteiger partial charge in [-0.2, -0.15) is 5.10 Å². The Morgan fingerprint density at radius 2 is 1.95 bits per heavy atom. The molecule has 1 aromatic carbocycles. The fourth-order valence-corrected chi connectivity index (χ4v) is 1.77. The van der Waals surface area contributed by atoms with E-state index in [4.69, 9.17) is 9.47 Å². The molecule has 0 aliphatic heterocycles. The molecule has 1 aromatic heterocycles. The van der Waals surface area contributed by atoms with Crippen LogP contribution in [0.5, 0.6) is 5.88 Å². The van der Waals surface area contributed by atoms with Crippen LogP contribution in [-0.2, 0) is 4.74 Å². The molecule has 0 spiro atoms. The molecule has 0 bridgehead atoms. The van der Waals surface area contributed by atoms with E-state index in [1.807, 2.05) is 37.3 Å². The van der Waals surface area contributed by atoms with Crippen LogP contribution in [0.1, 0.15) is 24.2 Å². The van der Waals surface area contributed by atoms with Crippen LogP contribution in [0.4, 0.5) is 0 Å². The van der Waals surface area contributed by atoms with Gasteiger partial charge in [0.05, 0.1) is 13.2 Å². The van der Waals surface area contributed by atoms with Gasteiger partial charge in [-0.25, -0.2) is 9.89 Å². The van der Waals surface area contributed by atoms with Gasteiger partial charge in [-0.3, -0.25) is 0 Å². The van der Waals surface area contributed by atoms with E-state index in [9.17, 15) is 4.79 Å². The van der Waals surface area contributed by atoms with Crippen molar-refractivity contribution < 1.29 is 14.3 Å². The van der Waals surface area contributed by atoms with Crippen molar-refractivity contribution in [3.8, 4) is 17.1 Å². The number of hydrogen-bond acceptors (Lipinski definition) is 4. The molecule has 0 unspecified atom stereocenters. The summed E-state index contributed by atoms with van der Waals surface area (Å²) in [7, 11) is 0. The Morgan fingerprint density at radius 3 is 2.58 bits per heavy atom. The van der Waals surface area contributed by atoms with Crippen molar-refractivity contribution >= 4 is 5.97 Å². The summed E-state index contributed by atoms with van der Waals surface area (Å²) in [6.45, 7) is 4.37. The van der Waals surface area contributed by atoms with Crippen molar-refractivity contribution in [3.05, 3.63) is 35.9 Å². The van der Waals surface area contributed by atoms with Crippen molar-refractivity contribution in [2.45, 2.75) is 13.8 Å². The molecule has 2 rings (SSSR count). The normalized spacial score (nSPS) is 10.2. The first-order chi connectivity index (χ1) is 9.27. The maximum absolute atomic E-state index is 12.0. The molecule has 100 valence electrons. The molecule has 0 saturated heterocycles. The Balaban J connectivity index is 2.46. The average molecular weight is 260 g/mol. The van der Waals surface area contributed by atoms with E-state index in [1.54, 1.807) is 6.92 Å². The fourth-order valence-electron chi connectivity index (χ4n) is 1.77. The molecule has 0 radical (unpaired) electrons. The molecule has 5 nitrogen and oxygen atoms in total. The lowest BCUT2D eigenvalue weighted by Crippen LogP contribution is -2.07. The Morgan fingerprint density at radius 1 is 1.21 bits per heavy atom. The number of esters is 1. The smallest absolute Gasteiger partial charge is 0.345 e. The minimum Gasteiger partial charge on any atom is -0.478 e. The predicted octanol–water partition coefficient (Wildman–Crippen LogP) is 2.65. The molecule has 0 saturated carbocycles. The Hall–Kier alpha value is -2.30. The zero-order valence-corrected chi connectivity index (χ0v) is 11.0. The fraction of sp³-hybridized carbons (Fsp3) is 0.286. The molecular formula is C14H16N2O3. The quantitative estimate of drug-likeness (QED) is 0.839. The molecule has 2 aromatic rings. The van der Waals surface area contributed by atoms with Gasteiger partial charge in [-0.1, -0.05) is 30.3 Å². The highest BCUT2D eigenvalue weighted by molar-refractivity contribution is 5.98. The largest absolute Gasteiger partial charge is 0.478 e. The van der Waals surface area contributed by atoms with Crippen LogP contribution in [0.25, 0.3) is 11.3 Å². The zero-order chi connectivity index (χ0) is 13.7. The van der Waals surface area contributed by atoms with E-state index in [2.05, 4.69) is 10.2 Å². The molecule has 5 heteroatoms. The summed E-state index contributed by atoms with van der Waals surface area (Å²) in [6.07, 6.45) is 0. The van der Waals surface area contributed by atoms with Gasteiger partial charge >= 0.3 is 5.97 Å². The first kappa shape index (κ1) is 13.1. The second-order valence-electron chi connectivity index (χ2n) is 3.80. The molecule has 0 atom stereocenters. The number of rotatable bonds is 5. The first-order valence-corrected chi connectivity index (χ1v) is 6.21. The molecule has 0 aliphatic rings. The summed E-state index contributed by atoms with van der Waals surface area (Å²) >= 11 is 0. The van der Waals surface area contributed by atoms with Crippen LogP contribution in [0.2, 0.25) is 0 Å². The third-order valence-corrected chi connectivity index (χ3v) is 2.55. The van der Waals surface area contributed by atoms with E-state index in [0.29, 0.717) is 30.4 Å². The summed E-state index contributed by atoms with van der Waals surface area (Å²) in [4.78, 5) is 12.0. The number of carbonyl (C=O) groups is 1. The molecule has 1 N–H and O–H groups in total. The number of benzene rings is 1. The molecule has 19 heavy (non-hydrogen) atoms. The lowest BCUT2D eigenvalue weighted by atomic mass is 10.1. The highest BCUT2D eigenvalue weighted by Gasteiger charge is 2.23.